The second-order valence-electron chi connectivity index (χ2n) is 6.31. The molecule has 0 saturated heterocycles. The molecule has 0 unspecified atom stereocenters. The van der Waals surface area contributed by atoms with E-state index in [2.05, 4.69) is 20.0 Å². The molecule has 0 bridgehead atoms. The molecule has 1 aromatic carbocycles. The molecule has 0 aliphatic rings. The Hall–Kier alpha value is -2.52. The van der Waals surface area contributed by atoms with Crippen LogP contribution in [0.15, 0.2) is 34.0 Å². The van der Waals surface area contributed by atoms with E-state index < -0.39 is 10.0 Å². The molecule has 1 aromatic heterocycles. The lowest BCUT2D eigenvalue weighted by molar-refractivity contribution is -0.120. The van der Waals surface area contributed by atoms with Gasteiger partial charge >= 0.3 is 0 Å². The fourth-order valence-corrected chi connectivity index (χ4v) is 3.58. The number of rotatable bonds is 8. The van der Waals surface area contributed by atoms with Gasteiger partial charge in [0.15, 0.2) is 0 Å². The topological polar surface area (TPSA) is 121 Å². The van der Waals surface area contributed by atoms with Crippen LogP contribution in [-0.4, -0.2) is 37.4 Å². The highest BCUT2D eigenvalue weighted by atomic mass is 32.2. The van der Waals surface area contributed by atoms with Gasteiger partial charge in [-0.2, -0.15) is 0 Å². The van der Waals surface area contributed by atoms with Gasteiger partial charge < -0.3 is 10.3 Å². The van der Waals surface area contributed by atoms with Crippen LogP contribution in [0.25, 0.3) is 0 Å². The summed E-state index contributed by atoms with van der Waals surface area (Å²) < 4.78 is 26.8. The van der Waals surface area contributed by atoms with Crippen LogP contribution < -0.4 is 15.6 Å². The van der Waals surface area contributed by atoms with Crippen molar-refractivity contribution < 1.29 is 13.2 Å². The van der Waals surface area contributed by atoms with Gasteiger partial charge in [-0.15, -0.1) is 0 Å². The Labute approximate surface area is 158 Å². The van der Waals surface area contributed by atoms with Gasteiger partial charge in [-0.05, 0) is 39.3 Å². The van der Waals surface area contributed by atoms with E-state index in [0.717, 1.165) is 5.56 Å². The van der Waals surface area contributed by atoms with Crippen LogP contribution in [0.3, 0.4) is 0 Å². The van der Waals surface area contributed by atoms with E-state index in [0.29, 0.717) is 30.0 Å². The van der Waals surface area contributed by atoms with Crippen LogP contribution in [0.4, 0.5) is 0 Å². The minimum atomic E-state index is -3.56. The Morgan fingerprint density at radius 3 is 2.41 bits per heavy atom. The first kappa shape index (κ1) is 20.8. The van der Waals surface area contributed by atoms with Crippen molar-refractivity contribution in [1.29, 1.82) is 0 Å². The average Bonchev–Trinajstić information content (AvgIpc) is 2.58. The van der Waals surface area contributed by atoms with E-state index in [1.54, 1.807) is 38.1 Å². The van der Waals surface area contributed by atoms with Crippen molar-refractivity contribution in [2.45, 2.75) is 38.5 Å². The first-order valence-corrected chi connectivity index (χ1v) is 10.1. The van der Waals surface area contributed by atoms with Crippen LogP contribution >= 0.6 is 0 Å². The molecule has 146 valence electrons. The molecule has 3 N–H and O–H groups in total. The third-order valence-corrected chi connectivity index (χ3v) is 5.45. The van der Waals surface area contributed by atoms with Gasteiger partial charge in [0.05, 0.1) is 11.3 Å². The Morgan fingerprint density at radius 2 is 1.78 bits per heavy atom. The molecule has 0 atom stereocenters. The summed E-state index contributed by atoms with van der Waals surface area (Å²) in [5.41, 5.74) is 1.52. The zero-order valence-electron chi connectivity index (χ0n) is 15.6. The average molecular weight is 392 g/mol. The van der Waals surface area contributed by atoms with E-state index in [-0.39, 0.29) is 29.3 Å². The van der Waals surface area contributed by atoms with E-state index in [4.69, 9.17) is 0 Å². The first-order chi connectivity index (χ1) is 12.7. The Morgan fingerprint density at radius 1 is 1.11 bits per heavy atom. The molecule has 0 aliphatic carbocycles. The van der Waals surface area contributed by atoms with Gasteiger partial charge in [0.2, 0.25) is 15.9 Å². The van der Waals surface area contributed by atoms with Crippen LogP contribution in [0, 0.1) is 20.8 Å². The number of hydrogen-bond acceptors (Lipinski definition) is 5. The molecule has 0 aliphatic heterocycles. The van der Waals surface area contributed by atoms with Crippen molar-refractivity contribution in [3.8, 4) is 0 Å². The number of sulfonamides is 1. The summed E-state index contributed by atoms with van der Waals surface area (Å²) in [5.74, 6) is 0.193. The summed E-state index contributed by atoms with van der Waals surface area (Å²) in [6.07, 6.45) is 0.363. The molecule has 1 heterocycles. The molecule has 2 aromatic rings. The van der Waals surface area contributed by atoms with Crippen LogP contribution in [0.1, 0.15) is 29.1 Å². The maximum Gasteiger partial charge on any atom is 0.254 e. The third kappa shape index (κ3) is 6.00. The summed E-state index contributed by atoms with van der Waals surface area (Å²) in [6, 6.07) is 6.57. The fraction of sp³-hybridized carbons (Fsp3) is 0.389. The lowest BCUT2D eigenvalue weighted by atomic mass is 10.1. The van der Waals surface area contributed by atoms with Crippen LogP contribution in [0.5, 0.6) is 0 Å². The number of aromatic nitrogens is 2. The summed E-state index contributed by atoms with van der Waals surface area (Å²) >= 11 is 0. The number of H-pyrrole nitrogens is 1. The van der Waals surface area contributed by atoms with Crippen LogP contribution in [-0.2, 0) is 21.2 Å². The van der Waals surface area contributed by atoms with E-state index >= 15 is 0 Å². The minimum absolute atomic E-state index is 0.0659. The van der Waals surface area contributed by atoms with E-state index in [1.165, 1.54) is 0 Å². The smallest absolute Gasteiger partial charge is 0.254 e. The monoisotopic (exact) mass is 392 g/mol. The SMILES string of the molecule is Cc1ccc(S(=O)(=O)NCCCNC(=O)Cc2c(C)nc(C)[nH]c2=O)cc1. The van der Waals surface area contributed by atoms with Crippen molar-refractivity contribution in [2.24, 2.45) is 0 Å². The molecule has 9 heteroatoms. The van der Waals surface area contributed by atoms with E-state index in [9.17, 15) is 18.0 Å². The number of nitrogens with one attached hydrogen (secondary N) is 3. The fourth-order valence-electron chi connectivity index (χ4n) is 2.51. The number of amides is 1. The molecule has 0 fully saturated rings. The quantitative estimate of drug-likeness (QED) is 0.572. The molecule has 1 amide bonds. The molecule has 2 rings (SSSR count). The molecule has 0 radical (unpaired) electrons. The molecule has 0 spiro atoms. The number of nitrogens with zero attached hydrogens (tertiary/aromatic N) is 1. The van der Waals surface area contributed by atoms with Crippen molar-refractivity contribution >= 4 is 15.9 Å². The largest absolute Gasteiger partial charge is 0.356 e. The number of carbonyl (C=O) groups is 1. The number of benzene rings is 1. The number of hydrogen-bond donors (Lipinski definition) is 3. The number of aromatic amines is 1. The second-order valence-corrected chi connectivity index (χ2v) is 8.07. The van der Waals surface area contributed by atoms with Gasteiger partial charge in [-0.25, -0.2) is 18.1 Å². The Kier molecular flexibility index (Phi) is 6.86. The number of carbonyl (C=O) groups excluding carboxylic acids is 1. The van der Waals surface area contributed by atoms with Gasteiger partial charge in [0.1, 0.15) is 5.82 Å². The summed E-state index contributed by atoms with van der Waals surface area (Å²) in [5, 5.41) is 2.68. The lowest BCUT2D eigenvalue weighted by Gasteiger charge is -2.09. The van der Waals surface area contributed by atoms with Crippen molar-refractivity contribution in [3.63, 3.8) is 0 Å². The third-order valence-electron chi connectivity index (χ3n) is 3.98. The van der Waals surface area contributed by atoms with Crippen LogP contribution in [0.2, 0.25) is 0 Å². The molecular weight excluding hydrogens is 368 g/mol. The summed E-state index contributed by atoms with van der Waals surface area (Å²) in [6.45, 7) is 5.74. The van der Waals surface area contributed by atoms with Gasteiger partial charge in [0.25, 0.3) is 5.56 Å². The normalized spacial score (nSPS) is 11.4. The Balaban J connectivity index is 1.78. The predicted octanol–water partition coefficient (Wildman–Crippen LogP) is 0.722. The molecule has 27 heavy (non-hydrogen) atoms. The van der Waals surface area contributed by atoms with Gasteiger partial charge in [-0.1, -0.05) is 17.7 Å². The van der Waals surface area contributed by atoms with Gasteiger partial charge in [0, 0.05) is 24.3 Å². The van der Waals surface area contributed by atoms with Crippen molar-refractivity contribution in [2.75, 3.05) is 13.1 Å². The molecular formula is C18H24N4O4S. The van der Waals surface area contributed by atoms with E-state index in [1.807, 2.05) is 6.92 Å². The zero-order chi connectivity index (χ0) is 20.0. The maximum atomic E-state index is 12.1. The Bertz CT molecular complexity index is 966. The second kappa shape index (κ2) is 8.92. The lowest BCUT2D eigenvalue weighted by Crippen LogP contribution is -2.32. The number of aryl methyl sites for hydroxylation is 3. The molecule has 0 saturated carbocycles. The van der Waals surface area contributed by atoms with Crippen molar-refractivity contribution in [1.82, 2.24) is 20.0 Å². The maximum absolute atomic E-state index is 12.1. The highest BCUT2D eigenvalue weighted by molar-refractivity contribution is 7.89. The highest BCUT2D eigenvalue weighted by Gasteiger charge is 2.13. The summed E-state index contributed by atoms with van der Waals surface area (Å²) in [7, 11) is -3.56. The minimum Gasteiger partial charge on any atom is -0.356 e. The standard InChI is InChI=1S/C18H24N4O4S/c1-12-5-7-15(8-6-12)27(25,26)20-10-4-9-19-17(23)11-16-13(2)21-14(3)22-18(16)24/h5-8,20H,4,9-11H2,1-3H3,(H,19,23)(H,21,22,24). The highest BCUT2D eigenvalue weighted by Crippen LogP contribution is 2.09. The predicted molar refractivity (Wildman–Crippen MR) is 102 cm³/mol. The summed E-state index contributed by atoms with van der Waals surface area (Å²) in [4.78, 5) is 30.8. The van der Waals surface area contributed by atoms with Crippen molar-refractivity contribution in [3.05, 3.63) is 57.3 Å². The van der Waals surface area contributed by atoms with Gasteiger partial charge in [-0.3, -0.25) is 9.59 Å². The zero-order valence-corrected chi connectivity index (χ0v) is 16.4. The first-order valence-electron chi connectivity index (χ1n) is 8.58. The molecule has 8 nitrogen and oxygen atoms in total.